The fraction of sp³-hybridized carbons (Fsp3) is 0.300. The highest BCUT2D eigenvalue weighted by atomic mass is 19.4. The summed E-state index contributed by atoms with van der Waals surface area (Å²) >= 11 is 0. The number of anilines is 1. The maximum atomic E-state index is 11.9. The van der Waals surface area contributed by atoms with Gasteiger partial charge in [-0.05, 0) is 19.1 Å². The molecule has 0 heterocycles. The number of nitrogens with two attached hydrogens (primary N) is 1. The third-order valence-electron chi connectivity index (χ3n) is 2.09. The minimum absolute atomic E-state index is 0.0789. The number of carboxylic acid groups (broad SMARTS) is 1. The predicted molar refractivity (Wildman–Crippen MR) is 54.1 cm³/mol. The third-order valence-corrected chi connectivity index (χ3v) is 2.09. The summed E-state index contributed by atoms with van der Waals surface area (Å²) in [5.74, 6) is -1.32. The summed E-state index contributed by atoms with van der Waals surface area (Å²) in [4.78, 5) is 10.7. The van der Waals surface area contributed by atoms with E-state index < -0.39 is 18.8 Å². The Bertz CT molecular complexity index is 443. The van der Waals surface area contributed by atoms with Crippen molar-refractivity contribution in [3.05, 3.63) is 23.3 Å². The molecule has 0 spiro atoms. The summed E-state index contributed by atoms with van der Waals surface area (Å²) in [5, 5.41) is 8.74. The van der Waals surface area contributed by atoms with Crippen LogP contribution in [0.5, 0.6) is 5.75 Å². The fourth-order valence-electron chi connectivity index (χ4n) is 1.21. The van der Waals surface area contributed by atoms with Crippen LogP contribution in [0.25, 0.3) is 0 Å². The zero-order chi connectivity index (χ0) is 13.2. The zero-order valence-electron chi connectivity index (χ0n) is 8.84. The highest BCUT2D eigenvalue weighted by molar-refractivity contribution is 5.94. The van der Waals surface area contributed by atoms with Crippen molar-refractivity contribution in [2.75, 3.05) is 12.3 Å². The first-order valence-electron chi connectivity index (χ1n) is 4.54. The Labute approximate surface area is 94.8 Å². The molecule has 3 N–H and O–H groups in total. The highest BCUT2D eigenvalue weighted by Crippen LogP contribution is 2.28. The van der Waals surface area contributed by atoms with E-state index in [2.05, 4.69) is 4.74 Å². The number of halogens is 3. The molecular formula is C10H10F3NO3. The second-order valence-corrected chi connectivity index (χ2v) is 3.36. The number of alkyl halides is 3. The van der Waals surface area contributed by atoms with Gasteiger partial charge in [0.05, 0.1) is 11.3 Å². The molecular weight excluding hydrogens is 239 g/mol. The first-order chi connectivity index (χ1) is 7.72. The Kier molecular flexibility index (Phi) is 3.50. The Morgan fingerprint density at radius 1 is 1.47 bits per heavy atom. The van der Waals surface area contributed by atoms with Gasteiger partial charge in [0.25, 0.3) is 0 Å². The number of hydrogen-bond acceptors (Lipinski definition) is 3. The molecule has 0 unspecified atom stereocenters. The second kappa shape index (κ2) is 4.52. The summed E-state index contributed by atoms with van der Waals surface area (Å²) in [5.41, 5.74) is 5.39. The minimum Gasteiger partial charge on any atom is -0.484 e. The molecule has 94 valence electrons. The lowest BCUT2D eigenvalue weighted by Crippen LogP contribution is -2.20. The summed E-state index contributed by atoms with van der Waals surface area (Å²) in [6, 6.07) is 2.26. The van der Waals surface area contributed by atoms with E-state index in [1.165, 1.54) is 6.92 Å². The van der Waals surface area contributed by atoms with Crippen LogP contribution in [0.1, 0.15) is 15.9 Å². The molecule has 0 aliphatic heterocycles. The first kappa shape index (κ1) is 13.1. The van der Waals surface area contributed by atoms with E-state index >= 15 is 0 Å². The second-order valence-electron chi connectivity index (χ2n) is 3.36. The average Bonchev–Trinajstić information content (AvgIpc) is 2.18. The number of nitrogen functional groups attached to an aromatic ring is 1. The molecule has 0 fully saturated rings. The van der Waals surface area contributed by atoms with Gasteiger partial charge in [0.1, 0.15) is 5.75 Å². The zero-order valence-corrected chi connectivity index (χ0v) is 8.84. The quantitative estimate of drug-likeness (QED) is 0.805. The molecule has 0 atom stereocenters. The van der Waals surface area contributed by atoms with Crippen LogP contribution in [-0.2, 0) is 0 Å². The van der Waals surface area contributed by atoms with Crippen LogP contribution >= 0.6 is 0 Å². The Morgan fingerprint density at radius 3 is 2.53 bits per heavy atom. The van der Waals surface area contributed by atoms with E-state index in [0.29, 0.717) is 0 Å². The van der Waals surface area contributed by atoms with Gasteiger partial charge in [-0.3, -0.25) is 0 Å². The molecule has 1 rings (SSSR count). The standard InChI is InChI=1S/C10H10F3NO3/c1-5-7(17-4-10(11,12)13)3-2-6(8(5)14)9(15)16/h2-3H,4,14H2,1H3,(H,15,16). The van der Waals surface area contributed by atoms with Crippen molar-refractivity contribution < 1.29 is 27.8 Å². The molecule has 0 aromatic heterocycles. The van der Waals surface area contributed by atoms with Gasteiger partial charge in [0.2, 0.25) is 0 Å². The number of ether oxygens (including phenoxy) is 1. The molecule has 0 amide bonds. The molecule has 0 bridgehead atoms. The third kappa shape index (κ3) is 3.27. The Morgan fingerprint density at radius 2 is 2.06 bits per heavy atom. The number of benzene rings is 1. The number of hydrogen-bond donors (Lipinski definition) is 2. The van der Waals surface area contributed by atoms with Gasteiger partial charge >= 0.3 is 12.1 Å². The summed E-state index contributed by atoms with van der Waals surface area (Å²) < 4.78 is 40.3. The number of aromatic carboxylic acids is 1. The van der Waals surface area contributed by atoms with E-state index in [1.807, 2.05) is 0 Å². The monoisotopic (exact) mass is 249 g/mol. The maximum absolute atomic E-state index is 11.9. The smallest absolute Gasteiger partial charge is 0.422 e. The van der Waals surface area contributed by atoms with Gasteiger partial charge in [-0.15, -0.1) is 0 Å². The molecule has 1 aromatic rings. The van der Waals surface area contributed by atoms with Crippen molar-refractivity contribution >= 4 is 11.7 Å². The lowest BCUT2D eigenvalue weighted by atomic mass is 10.1. The predicted octanol–water partition coefficient (Wildman–Crippen LogP) is 2.22. The number of carboxylic acids is 1. The van der Waals surface area contributed by atoms with Crippen molar-refractivity contribution in [2.45, 2.75) is 13.1 Å². The van der Waals surface area contributed by atoms with Crippen LogP contribution in [0.3, 0.4) is 0 Å². The molecule has 0 radical (unpaired) electrons. The van der Waals surface area contributed by atoms with E-state index in [0.717, 1.165) is 12.1 Å². The van der Waals surface area contributed by atoms with Crippen LogP contribution in [0.4, 0.5) is 18.9 Å². The van der Waals surface area contributed by atoms with Gasteiger partial charge in [-0.2, -0.15) is 13.2 Å². The molecule has 7 heteroatoms. The minimum atomic E-state index is -4.45. The number of rotatable bonds is 3. The molecule has 0 saturated heterocycles. The van der Waals surface area contributed by atoms with Gasteiger partial charge < -0.3 is 15.6 Å². The summed E-state index contributed by atoms with van der Waals surface area (Å²) in [7, 11) is 0. The topological polar surface area (TPSA) is 72.5 Å². The Balaban J connectivity index is 2.97. The van der Waals surface area contributed by atoms with Gasteiger partial charge in [-0.25, -0.2) is 4.79 Å². The van der Waals surface area contributed by atoms with E-state index in [4.69, 9.17) is 10.8 Å². The van der Waals surface area contributed by atoms with Crippen LogP contribution in [0.15, 0.2) is 12.1 Å². The van der Waals surface area contributed by atoms with Gasteiger partial charge in [0, 0.05) is 5.56 Å². The summed E-state index contributed by atoms with van der Waals surface area (Å²) in [6.45, 7) is -0.0484. The molecule has 0 aliphatic carbocycles. The SMILES string of the molecule is Cc1c(OCC(F)(F)F)ccc(C(=O)O)c1N. The molecule has 0 aliphatic rings. The maximum Gasteiger partial charge on any atom is 0.422 e. The Hall–Kier alpha value is -1.92. The van der Waals surface area contributed by atoms with Crippen LogP contribution in [-0.4, -0.2) is 23.9 Å². The lowest BCUT2D eigenvalue weighted by molar-refractivity contribution is -0.153. The highest BCUT2D eigenvalue weighted by Gasteiger charge is 2.29. The largest absolute Gasteiger partial charge is 0.484 e. The van der Waals surface area contributed by atoms with Crippen molar-refractivity contribution in [3.8, 4) is 5.75 Å². The van der Waals surface area contributed by atoms with E-state index in [9.17, 15) is 18.0 Å². The van der Waals surface area contributed by atoms with Crippen LogP contribution in [0.2, 0.25) is 0 Å². The molecule has 1 aromatic carbocycles. The number of carbonyl (C=O) groups is 1. The average molecular weight is 249 g/mol. The molecule has 17 heavy (non-hydrogen) atoms. The van der Waals surface area contributed by atoms with Crippen LogP contribution in [0, 0.1) is 6.92 Å². The van der Waals surface area contributed by atoms with Crippen molar-refractivity contribution in [2.24, 2.45) is 0 Å². The normalized spacial score (nSPS) is 11.3. The van der Waals surface area contributed by atoms with E-state index in [1.54, 1.807) is 0 Å². The van der Waals surface area contributed by atoms with Crippen molar-refractivity contribution in [1.29, 1.82) is 0 Å². The lowest BCUT2D eigenvalue weighted by Gasteiger charge is -2.13. The van der Waals surface area contributed by atoms with Crippen molar-refractivity contribution in [1.82, 2.24) is 0 Å². The molecule has 0 saturated carbocycles. The van der Waals surface area contributed by atoms with E-state index in [-0.39, 0.29) is 22.6 Å². The van der Waals surface area contributed by atoms with Gasteiger partial charge in [-0.1, -0.05) is 0 Å². The summed E-state index contributed by atoms with van der Waals surface area (Å²) in [6.07, 6.45) is -4.45. The fourth-order valence-corrected chi connectivity index (χ4v) is 1.21. The van der Waals surface area contributed by atoms with Crippen LogP contribution < -0.4 is 10.5 Å². The first-order valence-corrected chi connectivity index (χ1v) is 4.54. The molecule has 4 nitrogen and oxygen atoms in total. The van der Waals surface area contributed by atoms with Gasteiger partial charge in [0.15, 0.2) is 6.61 Å². The van der Waals surface area contributed by atoms with Crippen molar-refractivity contribution in [3.63, 3.8) is 0 Å².